The minimum absolute atomic E-state index is 0.0459. The van der Waals surface area contributed by atoms with E-state index in [0.29, 0.717) is 18.8 Å². The molecule has 1 fully saturated rings. The Morgan fingerprint density at radius 3 is 2.83 bits per heavy atom. The highest BCUT2D eigenvalue weighted by molar-refractivity contribution is 7.13. The van der Waals surface area contributed by atoms with Gasteiger partial charge < -0.3 is 29.0 Å². The fraction of sp³-hybridized carbons (Fsp3) is 0.682. The van der Waals surface area contributed by atoms with Crippen molar-refractivity contribution in [3.05, 3.63) is 22.4 Å². The molecule has 194 valence electrons. The Morgan fingerprint density at radius 2 is 2.11 bits per heavy atom. The number of nitrogens with zero attached hydrogens (tertiary/aromatic N) is 3. The molecule has 35 heavy (non-hydrogen) atoms. The van der Waals surface area contributed by atoms with E-state index < -0.39 is 12.8 Å². The van der Waals surface area contributed by atoms with Crippen LogP contribution in [0.4, 0.5) is 13.2 Å². The molecule has 4 rings (SSSR count). The summed E-state index contributed by atoms with van der Waals surface area (Å²) in [5.74, 6) is 0.672. The van der Waals surface area contributed by atoms with Gasteiger partial charge in [-0.1, -0.05) is 11.3 Å². The monoisotopic (exact) mass is 518 g/mol. The highest BCUT2D eigenvalue weighted by Crippen LogP contribution is 2.29. The van der Waals surface area contributed by atoms with Gasteiger partial charge in [-0.2, -0.15) is 13.2 Å². The van der Waals surface area contributed by atoms with Crippen LogP contribution in [0.5, 0.6) is 11.1 Å². The summed E-state index contributed by atoms with van der Waals surface area (Å²) in [6.45, 7) is 3.26. The van der Waals surface area contributed by atoms with Crippen molar-refractivity contribution in [2.75, 3.05) is 39.5 Å². The second-order valence-corrected chi connectivity index (χ2v) is 9.79. The van der Waals surface area contributed by atoms with E-state index in [1.165, 1.54) is 11.3 Å². The molecule has 0 radical (unpaired) electrons. The number of ether oxygens (including phenoxy) is 3. The number of rotatable bonds is 9. The zero-order valence-corrected chi connectivity index (χ0v) is 20.3. The Labute approximate surface area is 204 Å². The lowest BCUT2D eigenvalue weighted by Crippen LogP contribution is -2.45. The zero-order chi connectivity index (χ0) is 24.8. The van der Waals surface area contributed by atoms with E-state index in [4.69, 9.17) is 18.7 Å². The summed E-state index contributed by atoms with van der Waals surface area (Å²) in [5.41, 5.74) is 0.838. The summed E-state index contributed by atoms with van der Waals surface area (Å²) >= 11 is 1.21. The van der Waals surface area contributed by atoms with Crippen LogP contribution in [0, 0.1) is 6.92 Å². The number of carbonyl (C=O) groups excluding carboxylic acids is 1. The summed E-state index contributed by atoms with van der Waals surface area (Å²) in [6.07, 6.45) is -0.211. The standard InChI is InChI=1S/C22H29F3N4O5S/c1-14-10-20(28-34-14)32-12-19(30)26-15-2-3-16(31-11-15)4-7-29-8-5-17-18(6-9-29)35-21(27-17)33-13-22(23,24)25/h10,15-16H,2-9,11-13H2,1H3,(H,26,30)/t15-,16+/m0/s1. The first kappa shape index (κ1) is 25.7. The van der Waals surface area contributed by atoms with Crippen molar-refractivity contribution >= 4 is 17.2 Å². The van der Waals surface area contributed by atoms with Crippen LogP contribution in [0.1, 0.15) is 35.6 Å². The van der Waals surface area contributed by atoms with Gasteiger partial charge in [-0.15, -0.1) is 0 Å². The predicted molar refractivity (Wildman–Crippen MR) is 120 cm³/mol. The number of aryl methyl sites for hydroxylation is 1. The highest BCUT2D eigenvalue weighted by atomic mass is 32.1. The average Bonchev–Trinajstić information content (AvgIpc) is 3.36. The van der Waals surface area contributed by atoms with E-state index in [0.717, 1.165) is 55.9 Å². The Kier molecular flexibility index (Phi) is 8.50. The number of aromatic nitrogens is 2. The van der Waals surface area contributed by atoms with Crippen molar-refractivity contribution in [2.24, 2.45) is 0 Å². The lowest BCUT2D eigenvalue weighted by atomic mass is 10.0. The number of alkyl halides is 3. The molecule has 2 aliphatic heterocycles. The molecule has 13 heteroatoms. The second-order valence-electron chi connectivity index (χ2n) is 8.75. The maximum atomic E-state index is 12.4. The smallest absolute Gasteiger partial charge is 0.422 e. The van der Waals surface area contributed by atoms with Gasteiger partial charge in [-0.25, -0.2) is 4.98 Å². The normalized spacial score (nSPS) is 21.3. The van der Waals surface area contributed by atoms with Crippen molar-refractivity contribution in [1.29, 1.82) is 0 Å². The lowest BCUT2D eigenvalue weighted by molar-refractivity contribution is -0.153. The molecule has 4 heterocycles. The van der Waals surface area contributed by atoms with Crippen molar-refractivity contribution in [1.82, 2.24) is 20.4 Å². The number of nitrogens with one attached hydrogen (secondary N) is 1. The van der Waals surface area contributed by atoms with Gasteiger partial charge in [-0.3, -0.25) is 4.79 Å². The minimum atomic E-state index is -4.36. The Morgan fingerprint density at radius 1 is 1.29 bits per heavy atom. The quantitative estimate of drug-likeness (QED) is 0.541. The van der Waals surface area contributed by atoms with Crippen LogP contribution in [-0.4, -0.2) is 78.7 Å². The molecule has 0 unspecified atom stereocenters. The first-order chi connectivity index (χ1) is 16.7. The molecule has 1 amide bonds. The average molecular weight is 519 g/mol. The molecule has 0 bridgehead atoms. The Hall–Kier alpha value is -2.38. The van der Waals surface area contributed by atoms with E-state index >= 15 is 0 Å². The number of hydrogen-bond donors (Lipinski definition) is 1. The molecule has 1 saturated heterocycles. The lowest BCUT2D eigenvalue weighted by Gasteiger charge is -2.31. The molecule has 1 N–H and O–H groups in total. The zero-order valence-electron chi connectivity index (χ0n) is 19.4. The van der Waals surface area contributed by atoms with Crippen molar-refractivity contribution in [3.8, 4) is 11.1 Å². The molecule has 2 aromatic heterocycles. The van der Waals surface area contributed by atoms with Crippen LogP contribution in [0.3, 0.4) is 0 Å². The molecule has 0 saturated carbocycles. The van der Waals surface area contributed by atoms with E-state index in [1.54, 1.807) is 13.0 Å². The van der Waals surface area contributed by atoms with Gasteiger partial charge in [0.25, 0.3) is 17.0 Å². The SMILES string of the molecule is Cc1cc(OCC(=O)N[C@H]2CC[C@H](CCN3CCc4nc(OCC(F)(F)F)sc4CC3)OC2)no1. The molecule has 9 nitrogen and oxygen atoms in total. The summed E-state index contributed by atoms with van der Waals surface area (Å²) < 4.78 is 58.0. The maximum absolute atomic E-state index is 12.4. The fourth-order valence-corrected chi connectivity index (χ4v) is 5.05. The molecule has 2 aromatic rings. The third kappa shape index (κ3) is 8.07. The van der Waals surface area contributed by atoms with Crippen LogP contribution >= 0.6 is 11.3 Å². The Balaban J connectivity index is 1.11. The molecule has 0 aliphatic carbocycles. The van der Waals surface area contributed by atoms with Crippen molar-refractivity contribution < 1.29 is 36.7 Å². The number of carbonyl (C=O) groups is 1. The van der Waals surface area contributed by atoms with Crippen LogP contribution < -0.4 is 14.8 Å². The first-order valence-electron chi connectivity index (χ1n) is 11.6. The van der Waals surface area contributed by atoms with Crippen LogP contribution in [0.25, 0.3) is 0 Å². The van der Waals surface area contributed by atoms with Gasteiger partial charge in [0.05, 0.1) is 24.4 Å². The van der Waals surface area contributed by atoms with Gasteiger partial charge in [0.2, 0.25) is 0 Å². The largest absolute Gasteiger partial charge is 0.465 e. The minimum Gasteiger partial charge on any atom is -0.465 e. The number of fused-ring (bicyclic) bond motifs is 1. The molecule has 2 atom stereocenters. The highest BCUT2D eigenvalue weighted by Gasteiger charge is 2.30. The number of hydrogen-bond acceptors (Lipinski definition) is 9. The number of halogens is 3. The summed E-state index contributed by atoms with van der Waals surface area (Å²) in [4.78, 5) is 19.7. The predicted octanol–water partition coefficient (Wildman–Crippen LogP) is 2.91. The van der Waals surface area contributed by atoms with E-state index in [-0.39, 0.29) is 35.7 Å². The number of amides is 1. The topological polar surface area (TPSA) is 99.0 Å². The van der Waals surface area contributed by atoms with Crippen molar-refractivity contribution in [3.63, 3.8) is 0 Å². The van der Waals surface area contributed by atoms with E-state index in [2.05, 4.69) is 20.4 Å². The van der Waals surface area contributed by atoms with Gasteiger partial charge in [0.15, 0.2) is 13.2 Å². The van der Waals surface area contributed by atoms with Gasteiger partial charge in [0.1, 0.15) is 5.76 Å². The molecule has 2 aliphatic rings. The summed E-state index contributed by atoms with van der Waals surface area (Å²) in [7, 11) is 0. The summed E-state index contributed by atoms with van der Waals surface area (Å²) in [5, 5.41) is 6.70. The third-order valence-corrected chi connectivity index (χ3v) is 6.97. The van der Waals surface area contributed by atoms with Gasteiger partial charge in [-0.05, 0) is 37.8 Å². The second kappa shape index (κ2) is 11.6. The van der Waals surface area contributed by atoms with Gasteiger partial charge in [0, 0.05) is 37.0 Å². The van der Waals surface area contributed by atoms with E-state index in [9.17, 15) is 18.0 Å². The molecule has 0 spiro atoms. The fourth-order valence-electron chi connectivity index (χ4n) is 4.11. The molecule has 0 aromatic carbocycles. The number of thiazole rings is 1. The van der Waals surface area contributed by atoms with Crippen LogP contribution in [0.2, 0.25) is 0 Å². The van der Waals surface area contributed by atoms with E-state index in [1.807, 2.05) is 0 Å². The van der Waals surface area contributed by atoms with Crippen molar-refractivity contribution in [2.45, 2.75) is 57.3 Å². The molecular weight excluding hydrogens is 489 g/mol. The third-order valence-electron chi connectivity index (χ3n) is 5.90. The Bertz CT molecular complexity index is 949. The summed E-state index contributed by atoms with van der Waals surface area (Å²) in [6, 6.07) is 1.57. The van der Waals surface area contributed by atoms with Crippen LogP contribution in [0.15, 0.2) is 10.6 Å². The van der Waals surface area contributed by atoms with Gasteiger partial charge >= 0.3 is 6.18 Å². The van der Waals surface area contributed by atoms with Crippen LogP contribution in [-0.2, 0) is 22.4 Å². The first-order valence-corrected chi connectivity index (χ1v) is 12.4. The molecular formula is C22H29F3N4O5S. The maximum Gasteiger partial charge on any atom is 0.422 e.